The first kappa shape index (κ1) is 15.2. The Morgan fingerprint density at radius 3 is 3.13 bits per heavy atom. The van der Waals surface area contributed by atoms with Gasteiger partial charge < -0.3 is 15.0 Å². The summed E-state index contributed by atoms with van der Waals surface area (Å²) in [7, 11) is 0. The molecule has 1 fully saturated rings. The molecular weight excluding hydrogens is 290 g/mol. The van der Waals surface area contributed by atoms with Crippen molar-refractivity contribution in [2.75, 3.05) is 6.54 Å². The summed E-state index contributed by atoms with van der Waals surface area (Å²) in [4.78, 5) is 16.0. The largest absolute Gasteiger partial charge is 0.465 e. The Kier molecular flexibility index (Phi) is 4.33. The van der Waals surface area contributed by atoms with E-state index in [9.17, 15) is 4.79 Å². The van der Waals surface area contributed by atoms with Crippen LogP contribution in [0.2, 0.25) is 0 Å². The number of hydrogen-bond donors (Lipinski definition) is 2. The maximum Gasteiger partial charge on any atom is 0.407 e. The number of fused-ring (bicyclic) bond motifs is 1. The minimum Gasteiger partial charge on any atom is -0.465 e. The highest BCUT2D eigenvalue weighted by molar-refractivity contribution is 5.83. The average molecular weight is 309 g/mol. The predicted octanol–water partition coefficient (Wildman–Crippen LogP) is 3.78. The van der Waals surface area contributed by atoms with Crippen molar-refractivity contribution in [2.24, 2.45) is 0 Å². The zero-order valence-corrected chi connectivity index (χ0v) is 12.8. The molecule has 0 spiro atoms. The number of amides is 1. The third-order valence-electron chi connectivity index (χ3n) is 4.27. The quantitative estimate of drug-likeness (QED) is 0.902. The van der Waals surface area contributed by atoms with Gasteiger partial charge in [-0.05, 0) is 49.1 Å². The van der Waals surface area contributed by atoms with Crippen LogP contribution in [0.25, 0.3) is 17.0 Å². The molecule has 0 bridgehead atoms. The van der Waals surface area contributed by atoms with Gasteiger partial charge in [-0.25, -0.2) is 4.79 Å². The maximum atomic E-state index is 11.1. The fourth-order valence-corrected chi connectivity index (χ4v) is 3.09. The van der Waals surface area contributed by atoms with Crippen LogP contribution in [0.5, 0.6) is 0 Å². The zero-order chi connectivity index (χ0) is 16.2. The van der Waals surface area contributed by atoms with Gasteiger partial charge in [0.15, 0.2) is 0 Å². The molecule has 5 heteroatoms. The first-order valence-corrected chi connectivity index (χ1v) is 7.84. The van der Waals surface area contributed by atoms with Gasteiger partial charge in [-0.2, -0.15) is 5.26 Å². The minimum atomic E-state index is -0.851. The molecule has 2 heterocycles. The number of rotatable bonds is 4. The molecule has 1 aliphatic heterocycles. The van der Waals surface area contributed by atoms with Crippen molar-refractivity contribution in [1.29, 1.82) is 5.26 Å². The number of H-pyrrole nitrogens is 1. The number of nitriles is 1. The molecule has 23 heavy (non-hydrogen) atoms. The predicted molar refractivity (Wildman–Crippen MR) is 89.0 cm³/mol. The first-order valence-electron chi connectivity index (χ1n) is 7.84. The Bertz CT molecular complexity index is 785. The van der Waals surface area contributed by atoms with Gasteiger partial charge in [-0.3, -0.25) is 0 Å². The summed E-state index contributed by atoms with van der Waals surface area (Å²) >= 11 is 0. The highest BCUT2D eigenvalue weighted by Gasteiger charge is 2.26. The van der Waals surface area contributed by atoms with Crippen molar-refractivity contribution < 1.29 is 9.90 Å². The monoisotopic (exact) mass is 309 g/mol. The fraction of sp³-hybridized carbons (Fsp3) is 0.333. The third-order valence-corrected chi connectivity index (χ3v) is 4.27. The lowest BCUT2D eigenvalue weighted by Crippen LogP contribution is -2.32. The summed E-state index contributed by atoms with van der Waals surface area (Å²) in [6.07, 6.45) is 6.14. The van der Waals surface area contributed by atoms with Gasteiger partial charge in [0.2, 0.25) is 0 Å². The van der Waals surface area contributed by atoms with E-state index in [0.717, 1.165) is 41.4 Å². The van der Waals surface area contributed by atoms with Crippen LogP contribution in [0.1, 0.15) is 30.5 Å². The molecule has 1 saturated heterocycles. The highest BCUT2D eigenvalue weighted by atomic mass is 16.4. The van der Waals surface area contributed by atoms with E-state index in [0.29, 0.717) is 13.0 Å². The molecule has 1 aromatic heterocycles. The maximum absolute atomic E-state index is 11.1. The van der Waals surface area contributed by atoms with Gasteiger partial charge in [0.05, 0.1) is 12.1 Å². The normalized spacial score (nSPS) is 17.9. The SMILES string of the molecule is N#CCCc1ccc2[nH]c(C=CC3CCCN3C(=O)O)cc2c1. The van der Waals surface area contributed by atoms with Crippen LogP contribution in [0, 0.1) is 11.3 Å². The van der Waals surface area contributed by atoms with Crippen LogP contribution in [0.3, 0.4) is 0 Å². The van der Waals surface area contributed by atoms with Crippen LogP contribution < -0.4 is 0 Å². The minimum absolute atomic E-state index is 0.0369. The summed E-state index contributed by atoms with van der Waals surface area (Å²) in [6, 6.07) is 10.3. The number of nitrogens with zero attached hydrogens (tertiary/aromatic N) is 2. The van der Waals surface area contributed by atoms with Crippen molar-refractivity contribution in [3.05, 3.63) is 41.6 Å². The van der Waals surface area contributed by atoms with Gasteiger partial charge in [0.25, 0.3) is 0 Å². The number of nitrogens with one attached hydrogen (secondary N) is 1. The van der Waals surface area contributed by atoms with E-state index >= 15 is 0 Å². The second kappa shape index (κ2) is 6.57. The number of hydrogen-bond acceptors (Lipinski definition) is 2. The molecular formula is C18H19N3O2. The number of aromatic nitrogens is 1. The van der Waals surface area contributed by atoms with E-state index in [1.807, 2.05) is 24.3 Å². The van der Waals surface area contributed by atoms with Crippen molar-refractivity contribution in [3.63, 3.8) is 0 Å². The van der Waals surface area contributed by atoms with E-state index in [1.54, 1.807) is 0 Å². The molecule has 2 N–H and O–H groups in total. The number of aryl methyl sites for hydroxylation is 1. The van der Waals surface area contributed by atoms with E-state index in [1.165, 1.54) is 4.90 Å². The number of carboxylic acid groups (broad SMARTS) is 1. The second-order valence-electron chi connectivity index (χ2n) is 5.85. The molecule has 1 amide bonds. The lowest BCUT2D eigenvalue weighted by Gasteiger charge is -2.17. The van der Waals surface area contributed by atoms with Gasteiger partial charge in [0, 0.05) is 29.6 Å². The summed E-state index contributed by atoms with van der Waals surface area (Å²) in [5.41, 5.74) is 3.17. The number of benzene rings is 1. The number of aromatic amines is 1. The summed E-state index contributed by atoms with van der Waals surface area (Å²) in [6.45, 7) is 0.610. The fourth-order valence-electron chi connectivity index (χ4n) is 3.09. The lowest BCUT2D eigenvalue weighted by atomic mass is 10.1. The van der Waals surface area contributed by atoms with Crippen molar-refractivity contribution in [1.82, 2.24) is 9.88 Å². The third kappa shape index (κ3) is 3.37. The summed E-state index contributed by atoms with van der Waals surface area (Å²) in [5, 5.41) is 18.9. The Labute approximate surface area is 134 Å². The van der Waals surface area contributed by atoms with Crippen LogP contribution in [0.4, 0.5) is 4.79 Å². The van der Waals surface area contributed by atoms with Gasteiger partial charge in [0.1, 0.15) is 0 Å². The van der Waals surface area contributed by atoms with Gasteiger partial charge in [-0.15, -0.1) is 0 Å². The molecule has 0 saturated carbocycles. The molecule has 0 radical (unpaired) electrons. The van der Waals surface area contributed by atoms with Crippen molar-refractivity contribution in [3.8, 4) is 6.07 Å². The Balaban J connectivity index is 1.77. The van der Waals surface area contributed by atoms with Gasteiger partial charge >= 0.3 is 6.09 Å². The highest BCUT2D eigenvalue weighted by Crippen LogP contribution is 2.22. The van der Waals surface area contributed by atoms with Crippen molar-refractivity contribution in [2.45, 2.75) is 31.7 Å². The summed E-state index contributed by atoms with van der Waals surface area (Å²) < 4.78 is 0. The molecule has 1 unspecified atom stereocenters. The lowest BCUT2D eigenvalue weighted by molar-refractivity contribution is 0.147. The van der Waals surface area contributed by atoms with Crippen LogP contribution in [0.15, 0.2) is 30.3 Å². The smallest absolute Gasteiger partial charge is 0.407 e. The topological polar surface area (TPSA) is 80.1 Å². The number of carbonyl (C=O) groups is 1. The Morgan fingerprint density at radius 2 is 2.35 bits per heavy atom. The zero-order valence-electron chi connectivity index (χ0n) is 12.8. The molecule has 118 valence electrons. The Hall–Kier alpha value is -2.74. The summed E-state index contributed by atoms with van der Waals surface area (Å²) in [5.74, 6) is 0. The molecule has 1 aromatic carbocycles. The van der Waals surface area contributed by atoms with E-state index in [2.05, 4.69) is 23.2 Å². The molecule has 1 atom stereocenters. The van der Waals surface area contributed by atoms with Crippen LogP contribution in [-0.4, -0.2) is 33.7 Å². The Morgan fingerprint density at radius 1 is 1.48 bits per heavy atom. The molecule has 0 aliphatic carbocycles. The average Bonchev–Trinajstić information content (AvgIpc) is 3.16. The van der Waals surface area contributed by atoms with Gasteiger partial charge in [-0.1, -0.05) is 12.1 Å². The first-order chi connectivity index (χ1) is 11.2. The molecule has 3 rings (SSSR count). The van der Waals surface area contributed by atoms with Crippen LogP contribution in [-0.2, 0) is 6.42 Å². The molecule has 1 aliphatic rings. The molecule has 2 aromatic rings. The van der Waals surface area contributed by atoms with E-state index in [4.69, 9.17) is 10.4 Å². The van der Waals surface area contributed by atoms with E-state index < -0.39 is 6.09 Å². The standard InChI is InChI=1S/C18H19N3O2/c19-9-1-3-13-5-8-17-14(11-13)12-15(20-17)6-7-16-4-2-10-21(16)18(22)23/h5-8,11-12,16,20H,1-4,10H2,(H,22,23). The number of likely N-dealkylation sites (tertiary alicyclic amines) is 1. The molecule has 5 nitrogen and oxygen atoms in total. The van der Waals surface area contributed by atoms with Crippen LogP contribution >= 0.6 is 0 Å². The van der Waals surface area contributed by atoms with E-state index in [-0.39, 0.29) is 6.04 Å². The second-order valence-corrected chi connectivity index (χ2v) is 5.85. The van der Waals surface area contributed by atoms with Crippen molar-refractivity contribution >= 4 is 23.1 Å².